The maximum absolute atomic E-state index is 3.15. The summed E-state index contributed by atoms with van der Waals surface area (Å²) in [5.74, 6) is 0. The van der Waals surface area contributed by atoms with Gasteiger partial charge in [0, 0.05) is 17.8 Å². The van der Waals surface area contributed by atoms with E-state index >= 15 is 0 Å². The van der Waals surface area contributed by atoms with E-state index in [4.69, 9.17) is 0 Å². The molecule has 1 aromatic carbocycles. The number of thiophene rings is 1. The molecule has 1 aromatic heterocycles. The number of nitrogens with one attached hydrogen (secondary N) is 1. The van der Waals surface area contributed by atoms with Crippen molar-refractivity contribution in [1.82, 2.24) is 5.32 Å². The molecule has 0 radical (unpaired) electrons. The van der Waals surface area contributed by atoms with E-state index in [0.29, 0.717) is 0 Å². The zero-order chi connectivity index (χ0) is 10.5. The number of benzene rings is 1. The average molecular weight is 217 g/mol. The number of rotatable bonds is 4. The van der Waals surface area contributed by atoms with E-state index in [9.17, 15) is 0 Å². The van der Waals surface area contributed by atoms with E-state index in [1.165, 1.54) is 16.0 Å². The molecule has 2 aromatic rings. The first-order chi connectivity index (χ1) is 7.38. The van der Waals surface area contributed by atoms with Gasteiger partial charge in [0.2, 0.25) is 0 Å². The Morgan fingerprint density at radius 2 is 1.80 bits per heavy atom. The lowest BCUT2D eigenvalue weighted by atomic mass is 10.1. The average Bonchev–Trinajstić information content (AvgIpc) is 2.74. The van der Waals surface area contributed by atoms with Crippen molar-refractivity contribution in [3.8, 4) is 0 Å². The Morgan fingerprint density at radius 3 is 2.40 bits per heavy atom. The summed E-state index contributed by atoms with van der Waals surface area (Å²) in [6.45, 7) is 0.944. The first-order valence-electron chi connectivity index (χ1n) is 5.13. The van der Waals surface area contributed by atoms with Gasteiger partial charge in [0.25, 0.3) is 0 Å². The van der Waals surface area contributed by atoms with Gasteiger partial charge < -0.3 is 5.32 Å². The molecule has 1 N–H and O–H groups in total. The molecule has 15 heavy (non-hydrogen) atoms. The highest BCUT2D eigenvalue weighted by Gasteiger charge is 1.97. The van der Waals surface area contributed by atoms with Gasteiger partial charge in [0.05, 0.1) is 0 Å². The second-order valence-electron chi connectivity index (χ2n) is 3.60. The summed E-state index contributed by atoms with van der Waals surface area (Å²) >= 11 is 1.82. The van der Waals surface area contributed by atoms with Crippen LogP contribution in [0.1, 0.15) is 16.0 Å². The van der Waals surface area contributed by atoms with Crippen molar-refractivity contribution in [3.05, 3.63) is 57.8 Å². The Bertz CT molecular complexity index is 389. The van der Waals surface area contributed by atoms with E-state index in [1.54, 1.807) is 0 Å². The van der Waals surface area contributed by atoms with E-state index in [0.717, 1.165) is 13.0 Å². The largest absolute Gasteiger partial charge is 0.316 e. The van der Waals surface area contributed by atoms with Gasteiger partial charge in [-0.1, -0.05) is 30.3 Å². The van der Waals surface area contributed by atoms with Crippen molar-refractivity contribution in [2.24, 2.45) is 0 Å². The van der Waals surface area contributed by atoms with Crippen LogP contribution in [0.15, 0.2) is 41.8 Å². The highest BCUT2D eigenvalue weighted by atomic mass is 32.1. The van der Waals surface area contributed by atoms with Crippen molar-refractivity contribution < 1.29 is 0 Å². The second kappa shape index (κ2) is 5.10. The fourth-order valence-electron chi connectivity index (χ4n) is 1.59. The highest BCUT2D eigenvalue weighted by Crippen LogP contribution is 2.15. The maximum atomic E-state index is 3.15. The summed E-state index contributed by atoms with van der Waals surface area (Å²) in [5.41, 5.74) is 2.73. The van der Waals surface area contributed by atoms with Gasteiger partial charge in [0.15, 0.2) is 0 Å². The first-order valence-corrected chi connectivity index (χ1v) is 6.01. The summed E-state index contributed by atoms with van der Waals surface area (Å²) in [4.78, 5) is 1.43. The minimum Gasteiger partial charge on any atom is -0.316 e. The fraction of sp³-hybridized carbons (Fsp3) is 0.231. The van der Waals surface area contributed by atoms with Crippen LogP contribution in [0.2, 0.25) is 0 Å². The van der Waals surface area contributed by atoms with Gasteiger partial charge >= 0.3 is 0 Å². The van der Waals surface area contributed by atoms with Crippen LogP contribution in [0.5, 0.6) is 0 Å². The van der Waals surface area contributed by atoms with E-state index < -0.39 is 0 Å². The topological polar surface area (TPSA) is 12.0 Å². The molecular formula is C13H15NS. The molecule has 0 aliphatic heterocycles. The Morgan fingerprint density at radius 1 is 1.07 bits per heavy atom. The molecule has 2 rings (SSSR count). The zero-order valence-corrected chi connectivity index (χ0v) is 9.68. The van der Waals surface area contributed by atoms with Crippen LogP contribution in [-0.4, -0.2) is 7.05 Å². The fourth-order valence-corrected chi connectivity index (χ4v) is 2.33. The van der Waals surface area contributed by atoms with Crippen molar-refractivity contribution in [3.63, 3.8) is 0 Å². The molecule has 1 heterocycles. The van der Waals surface area contributed by atoms with Crippen LogP contribution in [0.25, 0.3) is 0 Å². The molecule has 0 saturated heterocycles. The van der Waals surface area contributed by atoms with Crippen molar-refractivity contribution >= 4 is 11.3 Å². The lowest BCUT2D eigenvalue weighted by molar-refractivity contribution is 0.817. The zero-order valence-electron chi connectivity index (χ0n) is 8.86. The Labute approximate surface area is 94.8 Å². The van der Waals surface area contributed by atoms with Gasteiger partial charge in [-0.2, -0.15) is 0 Å². The third-order valence-corrected chi connectivity index (χ3v) is 3.24. The normalized spacial score (nSPS) is 10.5. The predicted octanol–water partition coefficient (Wildman–Crippen LogP) is 3.06. The molecule has 0 spiro atoms. The SMILES string of the molecule is CNCc1ccc(Cc2cccs2)cc1. The van der Waals surface area contributed by atoms with Crippen LogP contribution in [-0.2, 0) is 13.0 Å². The third kappa shape index (κ3) is 2.91. The minimum absolute atomic E-state index is 0.944. The van der Waals surface area contributed by atoms with Gasteiger partial charge in [-0.05, 0) is 29.6 Å². The molecule has 0 bridgehead atoms. The Kier molecular flexibility index (Phi) is 3.54. The highest BCUT2D eigenvalue weighted by molar-refractivity contribution is 7.09. The van der Waals surface area contributed by atoms with Gasteiger partial charge in [-0.15, -0.1) is 11.3 Å². The molecule has 78 valence electrons. The molecule has 0 atom stereocenters. The molecule has 0 aliphatic rings. The second-order valence-corrected chi connectivity index (χ2v) is 4.64. The maximum Gasteiger partial charge on any atom is 0.0202 e. The Hall–Kier alpha value is -1.12. The Balaban J connectivity index is 2.04. The van der Waals surface area contributed by atoms with Gasteiger partial charge in [0.1, 0.15) is 0 Å². The third-order valence-electron chi connectivity index (χ3n) is 2.36. The molecule has 1 nitrogen and oxygen atoms in total. The van der Waals surface area contributed by atoms with Crippen LogP contribution in [0.3, 0.4) is 0 Å². The summed E-state index contributed by atoms with van der Waals surface area (Å²) in [6, 6.07) is 13.1. The predicted molar refractivity (Wildman–Crippen MR) is 66.3 cm³/mol. The lowest BCUT2D eigenvalue weighted by Crippen LogP contribution is -2.04. The van der Waals surface area contributed by atoms with Crippen molar-refractivity contribution in [2.75, 3.05) is 7.05 Å². The van der Waals surface area contributed by atoms with Gasteiger partial charge in [-0.3, -0.25) is 0 Å². The standard InChI is InChI=1S/C13H15NS/c1-14-10-12-6-4-11(5-7-12)9-13-3-2-8-15-13/h2-8,14H,9-10H2,1H3. The molecule has 0 fully saturated rings. The van der Waals surface area contributed by atoms with Crippen LogP contribution >= 0.6 is 11.3 Å². The molecule has 2 heteroatoms. The monoisotopic (exact) mass is 217 g/mol. The molecule has 0 aliphatic carbocycles. The number of hydrogen-bond donors (Lipinski definition) is 1. The van der Waals surface area contributed by atoms with Crippen LogP contribution in [0.4, 0.5) is 0 Å². The molecular weight excluding hydrogens is 202 g/mol. The number of hydrogen-bond acceptors (Lipinski definition) is 2. The summed E-state index contributed by atoms with van der Waals surface area (Å²) < 4.78 is 0. The molecule has 0 amide bonds. The minimum atomic E-state index is 0.944. The van der Waals surface area contributed by atoms with Crippen molar-refractivity contribution in [1.29, 1.82) is 0 Å². The molecule has 0 unspecified atom stereocenters. The van der Waals surface area contributed by atoms with Crippen LogP contribution in [0, 0.1) is 0 Å². The van der Waals surface area contributed by atoms with Crippen LogP contribution < -0.4 is 5.32 Å². The molecule has 0 saturated carbocycles. The summed E-state index contributed by atoms with van der Waals surface area (Å²) in [7, 11) is 1.97. The van der Waals surface area contributed by atoms with Gasteiger partial charge in [-0.25, -0.2) is 0 Å². The quantitative estimate of drug-likeness (QED) is 0.830. The smallest absolute Gasteiger partial charge is 0.0202 e. The van der Waals surface area contributed by atoms with E-state index in [-0.39, 0.29) is 0 Å². The summed E-state index contributed by atoms with van der Waals surface area (Å²) in [5, 5.41) is 5.28. The van der Waals surface area contributed by atoms with E-state index in [1.807, 2.05) is 18.4 Å². The van der Waals surface area contributed by atoms with Crippen molar-refractivity contribution in [2.45, 2.75) is 13.0 Å². The summed E-state index contributed by atoms with van der Waals surface area (Å²) in [6.07, 6.45) is 1.05. The first kappa shape index (κ1) is 10.4. The lowest BCUT2D eigenvalue weighted by Gasteiger charge is -2.02. The van der Waals surface area contributed by atoms with E-state index in [2.05, 4.69) is 47.1 Å².